The van der Waals surface area contributed by atoms with Gasteiger partial charge in [0.15, 0.2) is 17.4 Å². The van der Waals surface area contributed by atoms with Crippen molar-refractivity contribution in [2.45, 2.75) is 0 Å². The van der Waals surface area contributed by atoms with Gasteiger partial charge in [-0.2, -0.15) is 0 Å². The van der Waals surface area contributed by atoms with E-state index in [4.69, 9.17) is 0 Å². The van der Waals surface area contributed by atoms with E-state index in [9.17, 15) is 0 Å². The fourth-order valence-corrected chi connectivity index (χ4v) is 0. The maximum Gasteiger partial charge on any atom is 0 e. The van der Waals surface area contributed by atoms with E-state index in [0.717, 1.165) is 0 Å². The molecule has 0 aromatic carbocycles. The van der Waals surface area contributed by atoms with Crippen LogP contribution in [0.3, 0.4) is 0 Å². The van der Waals surface area contributed by atoms with Crippen molar-refractivity contribution in [2.24, 2.45) is 0 Å². The van der Waals surface area contributed by atoms with Crippen molar-refractivity contribution in [2.75, 3.05) is 0 Å². The van der Waals surface area contributed by atoms with E-state index < -0.39 is 0 Å². The molecule has 0 unspecified atom stereocenters. The second-order valence-corrected chi connectivity index (χ2v) is 0. The number of rotatable bonds is 0. The first-order valence-electron chi connectivity index (χ1n) is 0. The third-order valence-electron chi connectivity index (χ3n) is 0. The van der Waals surface area contributed by atoms with Crippen LogP contribution in [0.15, 0.2) is 0 Å². The molecule has 0 amide bonds. The zero-order chi connectivity index (χ0) is 0. The minimum absolute atomic E-state index is 0. The van der Waals surface area contributed by atoms with Crippen LogP contribution in [0.1, 0.15) is 0 Å². The van der Waals surface area contributed by atoms with Crippen molar-refractivity contribution < 1.29 is 74.2 Å². The van der Waals surface area contributed by atoms with Crippen molar-refractivity contribution >= 4 is 36.2 Å². The van der Waals surface area contributed by atoms with Crippen LogP contribution in [0.2, 0.25) is 0 Å². The molecule has 0 aromatic heterocycles. The Morgan fingerprint density at radius 3 is 1.00 bits per heavy atom. The molecule has 0 N–H and O–H groups in total. The standard InChI is InChI=1S/Al.Er.Li.Tm.4H. The number of hydrogen-bond donors (Lipinski definition) is 0. The number of hydrogen-bond acceptors (Lipinski definition) is 0. The van der Waals surface area contributed by atoms with Gasteiger partial charge in [-0.05, 0) is 0 Å². The van der Waals surface area contributed by atoms with Gasteiger partial charge in [0.1, 0.15) is 0 Å². The molecule has 0 saturated heterocycles. The summed E-state index contributed by atoms with van der Waals surface area (Å²) in [5, 5.41) is 0. The summed E-state index contributed by atoms with van der Waals surface area (Å²) in [5.41, 5.74) is 0. The molecule has 0 aliphatic heterocycles. The SMILES string of the molecule is [AlH3].[Er].[LiH].[Tm]. The summed E-state index contributed by atoms with van der Waals surface area (Å²) < 4.78 is 0. The minimum Gasteiger partial charge on any atom is 0 e. The molecule has 0 rings (SSSR count). The van der Waals surface area contributed by atoms with Crippen molar-refractivity contribution in [1.82, 2.24) is 0 Å². The molecule has 0 spiro atoms. The van der Waals surface area contributed by atoms with Crippen molar-refractivity contribution in [3.05, 3.63) is 0 Å². The first kappa shape index (κ1) is 25.5. The van der Waals surface area contributed by atoms with Gasteiger partial charge < -0.3 is 0 Å². The predicted octanol–water partition coefficient (Wildman–Crippen LogP) is -1.83. The van der Waals surface area contributed by atoms with Crippen molar-refractivity contribution in [1.29, 1.82) is 0 Å². The Bertz CT molecular complexity index is 8.00. The van der Waals surface area contributed by atoms with Gasteiger partial charge in [0, 0.05) is 74.2 Å². The van der Waals surface area contributed by atoms with E-state index in [0.29, 0.717) is 0 Å². The average Bonchev–Trinajstić information content (AvgIpc) is 0. The molecule has 0 nitrogen and oxygen atoms in total. The van der Waals surface area contributed by atoms with Crippen LogP contribution in [-0.4, -0.2) is 36.2 Å². The molecule has 0 bridgehead atoms. The molecule has 0 aromatic rings. The largest absolute Gasteiger partial charge is 0 e. The Kier molecular flexibility index (Phi) is 102. The zero-order valence-electron chi connectivity index (χ0n) is 0.566. The van der Waals surface area contributed by atoms with Gasteiger partial charge in [-0.3, -0.25) is 0 Å². The minimum atomic E-state index is 0. The van der Waals surface area contributed by atoms with Crippen LogP contribution in [0, 0.1) is 74.2 Å². The van der Waals surface area contributed by atoms with E-state index in [1.54, 1.807) is 0 Å². The van der Waals surface area contributed by atoms with Gasteiger partial charge in [-0.1, -0.05) is 0 Å². The molecule has 0 aliphatic rings. The smallest absolute Gasteiger partial charge is 0 e. The molecular formula is H4AlErLiTm. The maximum atomic E-state index is 0. The van der Waals surface area contributed by atoms with E-state index in [1.165, 1.54) is 0 Å². The van der Waals surface area contributed by atoms with Gasteiger partial charge in [-0.15, -0.1) is 0 Å². The quantitative estimate of drug-likeness (QED) is 0.438. The van der Waals surface area contributed by atoms with E-state index in [-0.39, 0.29) is 110 Å². The van der Waals surface area contributed by atoms with Crippen molar-refractivity contribution in [3.63, 3.8) is 0 Å². The zero-order valence-corrected chi connectivity index (χ0v) is 4.20. The molecular weight excluding hydrogens is 370 g/mol. The molecule has 1 radical (unpaired) electrons. The molecule has 0 heterocycles. The second-order valence-electron chi connectivity index (χ2n) is 0. The third kappa shape index (κ3) is 9.15. The van der Waals surface area contributed by atoms with E-state index in [1.807, 2.05) is 0 Å². The van der Waals surface area contributed by atoms with Crippen LogP contribution in [0.5, 0.6) is 0 Å². The summed E-state index contributed by atoms with van der Waals surface area (Å²) in [7, 11) is 0. The van der Waals surface area contributed by atoms with Gasteiger partial charge in [0.25, 0.3) is 0 Å². The molecule has 4 heavy (non-hydrogen) atoms. The summed E-state index contributed by atoms with van der Waals surface area (Å²) in [6.07, 6.45) is 0. The molecule has 0 saturated carbocycles. The summed E-state index contributed by atoms with van der Waals surface area (Å²) in [4.78, 5) is 0. The Balaban J connectivity index is 0. The monoisotopic (exact) mass is 373 g/mol. The van der Waals surface area contributed by atoms with Gasteiger partial charge in [0.05, 0.1) is 0 Å². The van der Waals surface area contributed by atoms with Crippen LogP contribution in [-0.2, 0) is 0 Å². The van der Waals surface area contributed by atoms with E-state index in [2.05, 4.69) is 0 Å². The topological polar surface area (TPSA) is 0 Å². The fraction of sp³-hybridized carbons (Fsp3) is 0. The van der Waals surface area contributed by atoms with Crippen LogP contribution >= 0.6 is 0 Å². The Morgan fingerprint density at radius 2 is 1.00 bits per heavy atom. The van der Waals surface area contributed by atoms with Gasteiger partial charge >= 0.3 is 18.9 Å². The first-order valence-corrected chi connectivity index (χ1v) is 0. The summed E-state index contributed by atoms with van der Waals surface area (Å²) in [6, 6.07) is 0. The normalized spacial score (nSPS) is 0. The van der Waals surface area contributed by atoms with Crippen LogP contribution in [0.25, 0.3) is 0 Å². The maximum absolute atomic E-state index is 0. The van der Waals surface area contributed by atoms with Crippen LogP contribution < -0.4 is 0 Å². The van der Waals surface area contributed by atoms with Gasteiger partial charge in [-0.25, -0.2) is 0 Å². The van der Waals surface area contributed by atoms with Crippen LogP contribution in [0.4, 0.5) is 0 Å². The average molecular weight is 374 g/mol. The Hall–Kier alpha value is 3.61. The fourth-order valence-electron chi connectivity index (χ4n) is 0. The van der Waals surface area contributed by atoms with Gasteiger partial charge in [0.2, 0.25) is 0 Å². The first-order chi connectivity index (χ1) is 0. The Morgan fingerprint density at radius 1 is 1.00 bits per heavy atom. The predicted molar refractivity (Wildman–Crippen MR) is 17.1 cm³/mol. The molecule has 4 heteroatoms. The molecule has 33 valence electrons. The summed E-state index contributed by atoms with van der Waals surface area (Å²) >= 11 is 0. The third-order valence-corrected chi connectivity index (χ3v) is 0. The van der Waals surface area contributed by atoms with E-state index >= 15 is 0 Å². The molecule has 0 aliphatic carbocycles. The Labute approximate surface area is 108 Å². The summed E-state index contributed by atoms with van der Waals surface area (Å²) in [6.45, 7) is 0. The second kappa shape index (κ2) is 16.0. The molecule has 0 fully saturated rings. The molecule has 0 atom stereocenters. The van der Waals surface area contributed by atoms with Crippen molar-refractivity contribution in [3.8, 4) is 0 Å². The summed E-state index contributed by atoms with van der Waals surface area (Å²) in [5.74, 6) is 0.